The summed E-state index contributed by atoms with van der Waals surface area (Å²) in [6.07, 6.45) is 1.12. The summed E-state index contributed by atoms with van der Waals surface area (Å²) < 4.78 is 10.4. The molecule has 0 saturated carbocycles. The number of methoxy groups -OCH3 is 2. The Balaban J connectivity index is 0.00000128. The van der Waals surface area contributed by atoms with Gasteiger partial charge in [-0.05, 0) is 24.6 Å². The van der Waals surface area contributed by atoms with E-state index >= 15 is 0 Å². The molecule has 16 heavy (non-hydrogen) atoms. The van der Waals surface area contributed by atoms with Gasteiger partial charge in [-0.2, -0.15) is 0 Å². The monoisotopic (exact) mass is 263 g/mol. The third kappa shape index (κ3) is 2.21. The van der Waals surface area contributed by atoms with E-state index in [4.69, 9.17) is 21.1 Å². The van der Waals surface area contributed by atoms with Gasteiger partial charge in [-0.15, -0.1) is 12.4 Å². The Morgan fingerprint density at radius 2 is 2.00 bits per heavy atom. The zero-order chi connectivity index (χ0) is 10.8. The van der Waals surface area contributed by atoms with Crippen molar-refractivity contribution in [2.45, 2.75) is 12.5 Å². The lowest BCUT2D eigenvalue weighted by Gasteiger charge is -2.29. The van der Waals surface area contributed by atoms with Gasteiger partial charge in [-0.25, -0.2) is 0 Å². The largest absolute Gasteiger partial charge is 0.493 e. The van der Waals surface area contributed by atoms with Crippen molar-refractivity contribution < 1.29 is 9.47 Å². The standard InChI is InChI=1S/C11H14ClNO2.ClH/c1-14-9-4-3-7(8-5-6-13-8)10(12)11(9)15-2;/h3-4,8,13H,5-6H2,1-2H3;1H/t8-;/m0./s1. The second-order valence-corrected chi connectivity index (χ2v) is 3.88. The van der Waals surface area contributed by atoms with Crippen LogP contribution in [0, 0.1) is 0 Å². The van der Waals surface area contributed by atoms with E-state index in [1.54, 1.807) is 14.2 Å². The Labute approximate surface area is 106 Å². The molecule has 1 aromatic rings. The molecule has 0 radical (unpaired) electrons. The fraction of sp³-hybridized carbons (Fsp3) is 0.455. The Kier molecular flexibility index (Phi) is 4.71. The van der Waals surface area contributed by atoms with Crippen LogP contribution in [0.25, 0.3) is 0 Å². The number of benzene rings is 1. The number of hydrogen-bond acceptors (Lipinski definition) is 3. The van der Waals surface area contributed by atoms with Gasteiger partial charge in [0, 0.05) is 6.04 Å². The molecule has 1 aliphatic heterocycles. The quantitative estimate of drug-likeness (QED) is 0.910. The van der Waals surface area contributed by atoms with Crippen LogP contribution in [0.5, 0.6) is 11.5 Å². The summed E-state index contributed by atoms with van der Waals surface area (Å²) in [5.41, 5.74) is 1.08. The highest BCUT2D eigenvalue weighted by Crippen LogP contribution is 2.41. The molecule has 0 unspecified atom stereocenters. The predicted molar refractivity (Wildman–Crippen MR) is 67.2 cm³/mol. The van der Waals surface area contributed by atoms with Crippen LogP contribution in [0.4, 0.5) is 0 Å². The Hall–Kier alpha value is -0.640. The van der Waals surface area contributed by atoms with Crippen LogP contribution in [0.1, 0.15) is 18.0 Å². The fourth-order valence-corrected chi connectivity index (χ4v) is 2.09. The van der Waals surface area contributed by atoms with Crippen LogP contribution in [-0.4, -0.2) is 20.8 Å². The first-order valence-corrected chi connectivity index (χ1v) is 5.29. The minimum absolute atomic E-state index is 0. The highest BCUT2D eigenvalue weighted by atomic mass is 35.5. The van der Waals surface area contributed by atoms with Crippen molar-refractivity contribution in [1.82, 2.24) is 5.32 Å². The molecule has 90 valence electrons. The number of rotatable bonds is 3. The van der Waals surface area contributed by atoms with Gasteiger partial charge in [0.15, 0.2) is 11.5 Å². The average molecular weight is 264 g/mol. The van der Waals surface area contributed by atoms with Crippen molar-refractivity contribution in [2.75, 3.05) is 20.8 Å². The van der Waals surface area contributed by atoms with E-state index in [-0.39, 0.29) is 12.4 Å². The summed E-state index contributed by atoms with van der Waals surface area (Å²) in [5.74, 6) is 1.29. The van der Waals surface area contributed by atoms with Crippen molar-refractivity contribution in [2.24, 2.45) is 0 Å². The first-order valence-electron chi connectivity index (χ1n) is 4.91. The van der Waals surface area contributed by atoms with Gasteiger partial charge in [0.25, 0.3) is 0 Å². The summed E-state index contributed by atoms with van der Waals surface area (Å²) in [5, 5.41) is 3.96. The molecule has 0 spiro atoms. The van der Waals surface area contributed by atoms with E-state index in [2.05, 4.69) is 5.32 Å². The van der Waals surface area contributed by atoms with E-state index in [1.807, 2.05) is 12.1 Å². The molecule has 1 fully saturated rings. The van der Waals surface area contributed by atoms with Gasteiger partial charge in [0.05, 0.1) is 19.2 Å². The van der Waals surface area contributed by atoms with Crippen molar-refractivity contribution in [3.63, 3.8) is 0 Å². The van der Waals surface area contributed by atoms with Crippen molar-refractivity contribution in [3.8, 4) is 11.5 Å². The lowest BCUT2D eigenvalue weighted by atomic mass is 9.97. The van der Waals surface area contributed by atoms with Gasteiger partial charge < -0.3 is 14.8 Å². The molecular formula is C11H15Cl2NO2. The zero-order valence-corrected chi connectivity index (χ0v) is 10.8. The maximum atomic E-state index is 6.26. The summed E-state index contributed by atoms with van der Waals surface area (Å²) in [7, 11) is 3.21. The number of nitrogens with one attached hydrogen (secondary N) is 1. The molecule has 2 rings (SSSR count). The number of ether oxygens (including phenoxy) is 2. The van der Waals surface area contributed by atoms with E-state index in [1.165, 1.54) is 0 Å². The third-order valence-corrected chi connectivity index (χ3v) is 3.10. The molecule has 1 atom stereocenters. The van der Waals surface area contributed by atoms with Gasteiger partial charge in [-0.3, -0.25) is 0 Å². The van der Waals surface area contributed by atoms with Gasteiger partial charge in [0.1, 0.15) is 0 Å². The smallest absolute Gasteiger partial charge is 0.179 e. The fourth-order valence-electron chi connectivity index (χ4n) is 1.73. The van der Waals surface area contributed by atoms with Crippen LogP contribution in [0.15, 0.2) is 12.1 Å². The van der Waals surface area contributed by atoms with Crippen LogP contribution in [-0.2, 0) is 0 Å². The van der Waals surface area contributed by atoms with Crippen LogP contribution in [0.3, 0.4) is 0 Å². The summed E-state index contributed by atoms with van der Waals surface area (Å²) in [6, 6.07) is 4.23. The highest BCUT2D eigenvalue weighted by molar-refractivity contribution is 6.33. The lowest BCUT2D eigenvalue weighted by molar-refractivity contribution is 0.349. The zero-order valence-electron chi connectivity index (χ0n) is 9.25. The molecule has 0 bridgehead atoms. The SMILES string of the molecule is COc1ccc([C@@H]2CCN2)c(Cl)c1OC.Cl. The lowest BCUT2D eigenvalue weighted by Crippen LogP contribution is -2.35. The summed E-state index contributed by atoms with van der Waals surface area (Å²) >= 11 is 6.26. The predicted octanol–water partition coefficient (Wildman–Crippen LogP) is 2.81. The van der Waals surface area contributed by atoms with E-state index < -0.39 is 0 Å². The topological polar surface area (TPSA) is 30.5 Å². The van der Waals surface area contributed by atoms with Gasteiger partial charge in [-0.1, -0.05) is 17.7 Å². The molecule has 0 amide bonds. The molecule has 1 N–H and O–H groups in total. The molecule has 5 heteroatoms. The van der Waals surface area contributed by atoms with Crippen LogP contribution >= 0.6 is 24.0 Å². The van der Waals surface area contributed by atoms with Gasteiger partial charge in [0.2, 0.25) is 0 Å². The van der Waals surface area contributed by atoms with Crippen LogP contribution in [0.2, 0.25) is 5.02 Å². The first-order chi connectivity index (χ1) is 7.27. The molecule has 3 nitrogen and oxygen atoms in total. The van der Waals surface area contributed by atoms with Crippen molar-refractivity contribution >= 4 is 24.0 Å². The van der Waals surface area contributed by atoms with Gasteiger partial charge >= 0.3 is 0 Å². The molecule has 1 saturated heterocycles. The van der Waals surface area contributed by atoms with Crippen molar-refractivity contribution in [3.05, 3.63) is 22.7 Å². The second kappa shape index (κ2) is 5.62. The normalized spacial score (nSPS) is 18.3. The second-order valence-electron chi connectivity index (χ2n) is 3.50. The molecule has 0 aliphatic carbocycles. The molecule has 1 heterocycles. The molecule has 1 aromatic carbocycles. The summed E-state index contributed by atoms with van der Waals surface area (Å²) in [6.45, 7) is 1.05. The van der Waals surface area contributed by atoms with E-state index in [0.717, 1.165) is 18.5 Å². The third-order valence-electron chi connectivity index (χ3n) is 2.71. The van der Waals surface area contributed by atoms with E-state index in [0.29, 0.717) is 22.6 Å². The molecular weight excluding hydrogens is 249 g/mol. The van der Waals surface area contributed by atoms with Crippen LogP contribution < -0.4 is 14.8 Å². The maximum Gasteiger partial charge on any atom is 0.179 e. The first kappa shape index (κ1) is 13.4. The minimum Gasteiger partial charge on any atom is -0.493 e. The number of halogens is 2. The maximum absolute atomic E-state index is 6.26. The molecule has 1 aliphatic rings. The highest BCUT2D eigenvalue weighted by Gasteiger charge is 2.24. The molecule has 0 aromatic heterocycles. The Morgan fingerprint density at radius 1 is 1.31 bits per heavy atom. The average Bonchev–Trinajstić information content (AvgIpc) is 2.18. The number of hydrogen-bond donors (Lipinski definition) is 1. The Morgan fingerprint density at radius 3 is 2.44 bits per heavy atom. The Bertz CT molecular complexity index is 367. The van der Waals surface area contributed by atoms with Crippen molar-refractivity contribution in [1.29, 1.82) is 0 Å². The van der Waals surface area contributed by atoms with E-state index in [9.17, 15) is 0 Å². The minimum atomic E-state index is 0. The summed E-state index contributed by atoms with van der Waals surface area (Å²) in [4.78, 5) is 0.